The SMILES string of the molecule is CN1CCN(CCOC(=O)N2CCSCC2)CC1. The summed E-state index contributed by atoms with van der Waals surface area (Å²) < 4.78 is 5.33. The molecular formula is C12H23N3O2S. The minimum Gasteiger partial charge on any atom is -0.448 e. The number of carbonyl (C=O) groups excluding carboxylic acids is 1. The van der Waals surface area contributed by atoms with Crippen molar-refractivity contribution in [1.29, 1.82) is 0 Å². The quantitative estimate of drug-likeness (QED) is 0.745. The van der Waals surface area contributed by atoms with Crippen LogP contribution >= 0.6 is 11.8 Å². The van der Waals surface area contributed by atoms with Crippen molar-refractivity contribution in [1.82, 2.24) is 14.7 Å². The van der Waals surface area contributed by atoms with Crippen molar-refractivity contribution in [3.8, 4) is 0 Å². The third-order valence-corrected chi connectivity index (χ3v) is 4.44. The number of ether oxygens (including phenoxy) is 1. The van der Waals surface area contributed by atoms with E-state index in [1.165, 1.54) is 0 Å². The molecule has 18 heavy (non-hydrogen) atoms. The van der Waals surface area contributed by atoms with Crippen molar-refractivity contribution in [3.63, 3.8) is 0 Å². The van der Waals surface area contributed by atoms with Crippen LogP contribution in [0.4, 0.5) is 4.79 Å². The number of rotatable bonds is 3. The molecule has 2 fully saturated rings. The number of amides is 1. The van der Waals surface area contributed by atoms with Crippen LogP contribution in [0.5, 0.6) is 0 Å². The van der Waals surface area contributed by atoms with Gasteiger partial charge in [-0.15, -0.1) is 0 Å². The van der Waals surface area contributed by atoms with Crippen LogP contribution < -0.4 is 0 Å². The molecule has 0 bridgehead atoms. The molecule has 6 heteroatoms. The fourth-order valence-corrected chi connectivity index (χ4v) is 3.07. The molecule has 0 spiro atoms. The number of hydrogen-bond donors (Lipinski definition) is 0. The summed E-state index contributed by atoms with van der Waals surface area (Å²) in [4.78, 5) is 18.3. The summed E-state index contributed by atoms with van der Waals surface area (Å²) in [5, 5.41) is 0. The van der Waals surface area contributed by atoms with Gasteiger partial charge in [-0.25, -0.2) is 4.79 Å². The Labute approximate surface area is 113 Å². The van der Waals surface area contributed by atoms with E-state index in [9.17, 15) is 4.79 Å². The maximum atomic E-state index is 11.8. The lowest BCUT2D eigenvalue weighted by atomic mass is 10.3. The van der Waals surface area contributed by atoms with Crippen LogP contribution in [0.3, 0.4) is 0 Å². The molecule has 0 unspecified atom stereocenters. The molecule has 0 aromatic carbocycles. The summed E-state index contributed by atoms with van der Waals surface area (Å²) in [6.45, 7) is 7.42. The number of hydrogen-bond acceptors (Lipinski definition) is 5. The third-order valence-electron chi connectivity index (χ3n) is 3.50. The van der Waals surface area contributed by atoms with Crippen molar-refractivity contribution in [2.45, 2.75) is 0 Å². The zero-order valence-electron chi connectivity index (χ0n) is 11.1. The molecule has 2 rings (SSSR count). The Morgan fingerprint density at radius 3 is 2.44 bits per heavy atom. The molecule has 0 saturated carbocycles. The number of likely N-dealkylation sites (N-methyl/N-ethyl adjacent to an activating group) is 1. The van der Waals surface area contributed by atoms with Gasteiger partial charge in [0, 0.05) is 57.3 Å². The molecule has 2 aliphatic rings. The van der Waals surface area contributed by atoms with Gasteiger partial charge in [0.05, 0.1) is 0 Å². The number of thioether (sulfide) groups is 1. The van der Waals surface area contributed by atoms with Crippen molar-refractivity contribution in [3.05, 3.63) is 0 Å². The van der Waals surface area contributed by atoms with Crippen molar-refractivity contribution >= 4 is 17.9 Å². The first-order chi connectivity index (χ1) is 8.75. The van der Waals surface area contributed by atoms with E-state index in [0.29, 0.717) is 6.61 Å². The maximum Gasteiger partial charge on any atom is 0.409 e. The smallest absolute Gasteiger partial charge is 0.409 e. The predicted molar refractivity (Wildman–Crippen MR) is 74.2 cm³/mol. The van der Waals surface area contributed by atoms with Gasteiger partial charge in [0.1, 0.15) is 6.61 Å². The second kappa shape index (κ2) is 7.21. The van der Waals surface area contributed by atoms with Crippen LogP contribution in [0, 0.1) is 0 Å². The number of carbonyl (C=O) groups is 1. The third kappa shape index (κ3) is 4.33. The minimum atomic E-state index is -0.135. The highest BCUT2D eigenvalue weighted by Crippen LogP contribution is 2.10. The summed E-state index contributed by atoms with van der Waals surface area (Å²) in [5.41, 5.74) is 0. The Morgan fingerprint density at radius 2 is 1.78 bits per heavy atom. The lowest BCUT2D eigenvalue weighted by Crippen LogP contribution is -2.46. The normalized spacial score (nSPS) is 23.1. The molecule has 0 radical (unpaired) electrons. The van der Waals surface area contributed by atoms with E-state index < -0.39 is 0 Å². The monoisotopic (exact) mass is 273 g/mol. The first kappa shape index (κ1) is 14.0. The molecule has 104 valence electrons. The van der Waals surface area contributed by atoms with Gasteiger partial charge in [0.2, 0.25) is 0 Å². The Hall–Kier alpha value is -0.460. The molecule has 0 aromatic rings. The Morgan fingerprint density at radius 1 is 1.11 bits per heavy atom. The lowest BCUT2D eigenvalue weighted by Gasteiger charge is -2.32. The Balaban J connectivity index is 1.58. The van der Waals surface area contributed by atoms with Crippen LogP contribution in [0.25, 0.3) is 0 Å². The zero-order valence-corrected chi connectivity index (χ0v) is 12.0. The van der Waals surface area contributed by atoms with Crippen LogP contribution in [0.2, 0.25) is 0 Å². The van der Waals surface area contributed by atoms with Gasteiger partial charge in [-0.3, -0.25) is 4.90 Å². The van der Waals surface area contributed by atoms with Gasteiger partial charge in [0.25, 0.3) is 0 Å². The second-order valence-corrected chi connectivity index (χ2v) is 6.08. The summed E-state index contributed by atoms with van der Waals surface area (Å²) in [7, 11) is 2.14. The highest BCUT2D eigenvalue weighted by molar-refractivity contribution is 7.99. The van der Waals surface area contributed by atoms with Gasteiger partial charge >= 0.3 is 6.09 Å². The zero-order chi connectivity index (χ0) is 12.8. The van der Waals surface area contributed by atoms with Crippen LogP contribution in [0.1, 0.15) is 0 Å². The van der Waals surface area contributed by atoms with Gasteiger partial charge < -0.3 is 14.5 Å². The largest absolute Gasteiger partial charge is 0.448 e. The highest BCUT2D eigenvalue weighted by atomic mass is 32.2. The molecule has 0 aromatic heterocycles. The topological polar surface area (TPSA) is 36.0 Å². The standard InChI is InChI=1S/C12H23N3O2S/c1-13-2-4-14(5-3-13)6-9-17-12(16)15-7-10-18-11-8-15/h2-11H2,1H3. The number of nitrogens with zero attached hydrogens (tertiary/aromatic N) is 3. The summed E-state index contributed by atoms with van der Waals surface area (Å²) in [5.74, 6) is 2.07. The van der Waals surface area contributed by atoms with Crippen LogP contribution in [-0.4, -0.2) is 91.8 Å². The molecule has 5 nitrogen and oxygen atoms in total. The van der Waals surface area contributed by atoms with Crippen molar-refractivity contribution < 1.29 is 9.53 Å². The van der Waals surface area contributed by atoms with Gasteiger partial charge in [-0.2, -0.15) is 11.8 Å². The van der Waals surface area contributed by atoms with Gasteiger partial charge in [0.15, 0.2) is 0 Å². The fourth-order valence-electron chi connectivity index (χ4n) is 2.17. The summed E-state index contributed by atoms with van der Waals surface area (Å²) >= 11 is 1.90. The molecule has 2 saturated heterocycles. The van der Waals surface area contributed by atoms with E-state index >= 15 is 0 Å². The van der Waals surface area contributed by atoms with Gasteiger partial charge in [-0.1, -0.05) is 0 Å². The maximum absolute atomic E-state index is 11.8. The molecule has 2 heterocycles. The molecule has 2 aliphatic heterocycles. The molecule has 1 amide bonds. The first-order valence-electron chi connectivity index (χ1n) is 6.66. The summed E-state index contributed by atoms with van der Waals surface area (Å²) in [6.07, 6.45) is -0.135. The van der Waals surface area contributed by atoms with Crippen LogP contribution in [0.15, 0.2) is 0 Å². The Kier molecular flexibility index (Phi) is 5.59. The molecule has 0 aliphatic carbocycles. The minimum absolute atomic E-state index is 0.135. The second-order valence-electron chi connectivity index (χ2n) is 4.86. The summed E-state index contributed by atoms with van der Waals surface area (Å²) in [6, 6.07) is 0. The van der Waals surface area contributed by atoms with E-state index in [0.717, 1.165) is 57.3 Å². The first-order valence-corrected chi connectivity index (χ1v) is 7.81. The van der Waals surface area contributed by atoms with E-state index in [4.69, 9.17) is 4.74 Å². The van der Waals surface area contributed by atoms with Crippen molar-refractivity contribution in [2.75, 3.05) is 71.0 Å². The van der Waals surface area contributed by atoms with E-state index in [2.05, 4.69) is 16.8 Å². The Bertz CT molecular complexity index is 264. The fraction of sp³-hybridized carbons (Fsp3) is 0.917. The van der Waals surface area contributed by atoms with E-state index in [1.807, 2.05) is 16.7 Å². The average molecular weight is 273 g/mol. The van der Waals surface area contributed by atoms with Crippen LogP contribution in [-0.2, 0) is 4.74 Å². The lowest BCUT2D eigenvalue weighted by molar-refractivity contribution is 0.0814. The molecular weight excluding hydrogens is 250 g/mol. The van der Waals surface area contributed by atoms with Gasteiger partial charge in [-0.05, 0) is 7.05 Å². The molecule has 0 N–H and O–H groups in total. The van der Waals surface area contributed by atoms with E-state index in [1.54, 1.807) is 0 Å². The predicted octanol–water partition coefficient (Wildman–Crippen LogP) is 0.419. The molecule has 0 atom stereocenters. The van der Waals surface area contributed by atoms with E-state index in [-0.39, 0.29) is 6.09 Å². The highest BCUT2D eigenvalue weighted by Gasteiger charge is 2.18. The van der Waals surface area contributed by atoms with Crippen molar-refractivity contribution in [2.24, 2.45) is 0 Å². The average Bonchev–Trinajstić information content (AvgIpc) is 2.42. The number of piperazine rings is 1.